The number of hydrogen-bond donors (Lipinski definition) is 0. The van der Waals surface area contributed by atoms with Crippen LogP contribution in [0, 0.1) is 0 Å². The van der Waals surface area contributed by atoms with Crippen molar-refractivity contribution in [3.63, 3.8) is 0 Å². The van der Waals surface area contributed by atoms with Crippen LogP contribution in [0.3, 0.4) is 0 Å². The van der Waals surface area contributed by atoms with Gasteiger partial charge in [0, 0.05) is 11.6 Å². The molecule has 0 saturated carbocycles. The van der Waals surface area contributed by atoms with Gasteiger partial charge in [-0.15, -0.1) is 11.3 Å². The van der Waals surface area contributed by atoms with Crippen LogP contribution in [-0.4, -0.2) is 15.0 Å². The summed E-state index contributed by atoms with van der Waals surface area (Å²) >= 11 is 8.40. The summed E-state index contributed by atoms with van der Waals surface area (Å²) < 4.78 is 37.4. The Morgan fingerprint density at radius 2 is 1.95 bits per heavy atom. The first-order valence-electron chi connectivity index (χ1n) is 5.55. The Morgan fingerprint density at radius 3 is 2.62 bits per heavy atom. The minimum absolute atomic E-state index is 0.0966. The Labute approximate surface area is 130 Å². The third kappa shape index (κ3) is 3.12. The lowest BCUT2D eigenvalue weighted by Gasteiger charge is -2.06. The molecule has 3 aromatic heterocycles. The third-order valence-electron chi connectivity index (χ3n) is 2.53. The summed E-state index contributed by atoms with van der Waals surface area (Å²) in [5, 5.41) is 3.72. The molecule has 0 saturated heterocycles. The second-order valence-electron chi connectivity index (χ2n) is 3.92. The van der Waals surface area contributed by atoms with Crippen LogP contribution in [-0.2, 0) is 6.18 Å². The van der Waals surface area contributed by atoms with Crippen molar-refractivity contribution in [3.8, 4) is 0 Å². The van der Waals surface area contributed by atoms with Crippen LogP contribution < -0.4 is 0 Å². The number of aromatic nitrogens is 3. The molecule has 9 heteroatoms. The van der Waals surface area contributed by atoms with E-state index in [1.807, 2.05) is 11.4 Å². The van der Waals surface area contributed by atoms with Crippen molar-refractivity contribution >= 4 is 44.9 Å². The first-order chi connectivity index (χ1) is 9.93. The molecule has 3 rings (SSSR count). The van der Waals surface area contributed by atoms with Gasteiger partial charge in [0.1, 0.15) is 14.9 Å². The first kappa shape index (κ1) is 14.6. The van der Waals surface area contributed by atoms with E-state index in [-0.39, 0.29) is 5.28 Å². The number of fused-ring (bicyclic) bond motifs is 1. The fourth-order valence-electron chi connectivity index (χ4n) is 1.59. The van der Waals surface area contributed by atoms with E-state index in [1.165, 1.54) is 17.4 Å². The fraction of sp³-hybridized carbons (Fsp3) is 0.0833. The van der Waals surface area contributed by atoms with E-state index in [9.17, 15) is 13.2 Å². The van der Waals surface area contributed by atoms with Crippen LogP contribution in [0.1, 0.15) is 5.56 Å². The highest BCUT2D eigenvalue weighted by Crippen LogP contribution is 2.35. The van der Waals surface area contributed by atoms with Gasteiger partial charge < -0.3 is 0 Å². The maximum absolute atomic E-state index is 12.5. The Morgan fingerprint density at radius 1 is 1.14 bits per heavy atom. The van der Waals surface area contributed by atoms with Crippen molar-refractivity contribution in [2.45, 2.75) is 16.2 Å². The standard InChI is InChI=1S/C12H5ClF3N3S2/c13-11-18-9-7(3-4-20-9)10(19-11)21-8-2-1-6(5-17-8)12(14,15)16/h1-5H. The summed E-state index contributed by atoms with van der Waals surface area (Å²) in [6.07, 6.45) is -3.59. The number of hydrogen-bond acceptors (Lipinski definition) is 5. The second kappa shape index (κ2) is 5.43. The van der Waals surface area contributed by atoms with E-state index in [0.29, 0.717) is 10.1 Å². The predicted molar refractivity (Wildman–Crippen MR) is 75.8 cm³/mol. The number of alkyl halides is 3. The van der Waals surface area contributed by atoms with Gasteiger partial charge in [0.25, 0.3) is 0 Å². The molecule has 21 heavy (non-hydrogen) atoms. The third-order valence-corrected chi connectivity index (χ3v) is 4.46. The van der Waals surface area contributed by atoms with Crippen molar-refractivity contribution in [2.24, 2.45) is 0 Å². The van der Waals surface area contributed by atoms with E-state index in [1.54, 1.807) is 0 Å². The van der Waals surface area contributed by atoms with Crippen LogP contribution in [0.15, 0.2) is 39.8 Å². The molecule has 0 aromatic carbocycles. The average molecular weight is 348 g/mol. The molecule has 0 bridgehead atoms. The molecule has 0 aliphatic rings. The van der Waals surface area contributed by atoms with E-state index >= 15 is 0 Å². The zero-order valence-electron chi connectivity index (χ0n) is 10.1. The highest BCUT2D eigenvalue weighted by Gasteiger charge is 2.30. The van der Waals surface area contributed by atoms with Gasteiger partial charge in [-0.3, -0.25) is 0 Å². The van der Waals surface area contributed by atoms with Gasteiger partial charge in [-0.05, 0) is 46.9 Å². The average Bonchev–Trinajstić information content (AvgIpc) is 2.86. The molecule has 0 amide bonds. The van der Waals surface area contributed by atoms with E-state index in [4.69, 9.17) is 11.6 Å². The van der Waals surface area contributed by atoms with Crippen molar-refractivity contribution < 1.29 is 13.2 Å². The molecule has 3 aromatic rings. The SMILES string of the molecule is FC(F)(F)c1ccc(Sc2nc(Cl)nc3sccc23)nc1. The molecule has 0 N–H and O–H groups in total. The summed E-state index contributed by atoms with van der Waals surface area (Å²) in [6, 6.07) is 4.13. The number of nitrogens with zero attached hydrogens (tertiary/aromatic N) is 3. The zero-order valence-corrected chi connectivity index (χ0v) is 12.4. The molecule has 0 aliphatic heterocycles. The topological polar surface area (TPSA) is 38.7 Å². The van der Waals surface area contributed by atoms with Crippen molar-refractivity contribution in [1.82, 2.24) is 15.0 Å². The van der Waals surface area contributed by atoms with Gasteiger partial charge in [0.05, 0.1) is 5.56 Å². The molecule has 108 valence electrons. The molecule has 0 spiro atoms. The maximum Gasteiger partial charge on any atom is 0.417 e. The Hall–Kier alpha value is -1.38. The Bertz CT molecular complexity index is 787. The Balaban J connectivity index is 1.93. The van der Waals surface area contributed by atoms with Crippen molar-refractivity contribution in [1.29, 1.82) is 0 Å². The molecule has 0 atom stereocenters. The summed E-state index contributed by atoms with van der Waals surface area (Å²) in [5.74, 6) is 0. The molecule has 0 aliphatic carbocycles. The van der Waals surface area contributed by atoms with E-state index < -0.39 is 11.7 Å². The van der Waals surface area contributed by atoms with Gasteiger partial charge in [-0.25, -0.2) is 15.0 Å². The number of halogens is 4. The van der Waals surface area contributed by atoms with Gasteiger partial charge in [0.2, 0.25) is 5.28 Å². The van der Waals surface area contributed by atoms with Crippen molar-refractivity contribution in [2.75, 3.05) is 0 Å². The van der Waals surface area contributed by atoms with Gasteiger partial charge >= 0.3 is 6.18 Å². The number of thiophene rings is 1. The van der Waals surface area contributed by atoms with Crippen LogP contribution >= 0.6 is 34.7 Å². The smallest absolute Gasteiger partial charge is 0.249 e. The summed E-state index contributed by atoms with van der Waals surface area (Å²) in [4.78, 5) is 12.7. The molecular formula is C12H5ClF3N3S2. The molecule has 3 nitrogen and oxygen atoms in total. The normalized spacial score (nSPS) is 12.0. The second-order valence-corrected chi connectivity index (χ2v) is 6.16. The zero-order chi connectivity index (χ0) is 15.0. The van der Waals surface area contributed by atoms with Gasteiger partial charge in [0.15, 0.2) is 0 Å². The lowest BCUT2D eigenvalue weighted by Crippen LogP contribution is -2.05. The molecule has 0 unspecified atom stereocenters. The summed E-state index contributed by atoms with van der Waals surface area (Å²) in [6.45, 7) is 0. The molecular weight excluding hydrogens is 343 g/mol. The van der Waals surface area contributed by atoms with E-state index in [0.717, 1.165) is 34.2 Å². The fourth-order valence-corrected chi connectivity index (χ4v) is 3.53. The lowest BCUT2D eigenvalue weighted by atomic mass is 10.3. The minimum atomic E-state index is -4.39. The van der Waals surface area contributed by atoms with E-state index in [2.05, 4.69) is 15.0 Å². The summed E-state index contributed by atoms with van der Waals surface area (Å²) in [7, 11) is 0. The summed E-state index contributed by atoms with van der Waals surface area (Å²) in [5.41, 5.74) is -0.784. The lowest BCUT2D eigenvalue weighted by molar-refractivity contribution is -0.137. The maximum atomic E-state index is 12.5. The first-order valence-corrected chi connectivity index (χ1v) is 7.63. The quantitative estimate of drug-likeness (QED) is 0.487. The van der Waals surface area contributed by atoms with Crippen molar-refractivity contribution in [3.05, 3.63) is 40.6 Å². The number of rotatable bonds is 2. The van der Waals surface area contributed by atoms with Gasteiger partial charge in [-0.2, -0.15) is 13.2 Å². The molecule has 0 fully saturated rings. The largest absolute Gasteiger partial charge is 0.417 e. The van der Waals surface area contributed by atoms with Gasteiger partial charge in [-0.1, -0.05) is 0 Å². The van der Waals surface area contributed by atoms with Crippen LogP contribution in [0.2, 0.25) is 5.28 Å². The van der Waals surface area contributed by atoms with Crippen LogP contribution in [0.4, 0.5) is 13.2 Å². The van der Waals surface area contributed by atoms with Crippen LogP contribution in [0.5, 0.6) is 0 Å². The highest BCUT2D eigenvalue weighted by molar-refractivity contribution is 7.99. The molecule has 3 heterocycles. The highest BCUT2D eigenvalue weighted by atomic mass is 35.5. The minimum Gasteiger partial charge on any atom is -0.249 e. The number of pyridine rings is 1. The predicted octanol–water partition coefficient (Wildman–Crippen LogP) is 4.91. The van der Waals surface area contributed by atoms with Crippen LogP contribution in [0.25, 0.3) is 10.2 Å². The monoisotopic (exact) mass is 347 g/mol. The Kier molecular flexibility index (Phi) is 3.76. The molecule has 0 radical (unpaired) electrons.